The molecule has 0 bridgehead atoms. The number of hydrogen-bond donors (Lipinski definition) is 1. The molecule has 0 atom stereocenters. The van der Waals surface area contributed by atoms with Gasteiger partial charge in [0.05, 0.1) is 11.1 Å². The van der Waals surface area contributed by atoms with E-state index < -0.39 is 10.8 Å². The normalized spacial score (nSPS) is 10.5. The van der Waals surface area contributed by atoms with E-state index in [1.807, 2.05) is 24.3 Å². The first-order valence-corrected chi connectivity index (χ1v) is 6.97. The molecule has 106 valence electrons. The number of nitrogens with zero attached hydrogens (tertiary/aromatic N) is 2. The molecule has 0 spiro atoms. The van der Waals surface area contributed by atoms with Crippen LogP contribution in [0.4, 0.5) is 5.69 Å². The van der Waals surface area contributed by atoms with Crippen LogP contribution in [0, 0.1) is 13.7 Å². The molecule has 1 amide bonds. The Morgan fingerprint density at radius 2 is 1.95 bits per heavy atom. The van der Waals surface area contributed by atoms with Crippen LogP contribution < -0.4 is 5.43 Å². The van der Waals surface area contributed by atoms with Crippen LogP contribution in [-0.2, 0) is 0 Å². The monoisotopic (exact) mass is 395 g/mol. The van der Waals surface area contributed by atoms with E-state index in [9.17, 15) is 14.9 Å². The number of hydrazone groups is 1. The Kier molecular flexibility index (Phi) is 4.99. The second-order valence-electron chi connectivity index (χ2n) is 4.06. The van der Waals surface area contributed by atoms with Crippen molar-refractivity contribution in [2.75, 3.05) is 0 Å². The number of hydrogen-bond acceptors (Lipinski definition) is 4. The smallest absolute Gasteiger partial charge is 0.267 e. The number of rotatable bonds is 4. The molecular formula is C14H10IN3O3. The van der Waals surface area contributed by atoms with Crippen LogP contribution >= 0.6 is 22.6 Å². The van der Waals surface area contributed by atoms with Crippen molar-refractivity contribution in [3.05, 3.63) is 73.3 Å². The lowest BCUT2D eigenvalue weighted by Gasteiger charge is -1.99. The van der Waals surface area contributed by atoms with E-state index in [2.05, 4.69) is 33.1 Å². The number of nitrogens with one attached hydrogen (secondary N) is 1. The topological polar surface area (TPSA) is 84.6 Å². The van der Waals surface area contributed by atoms with Gasteiger partial charge in [-0.3, -0.25) is 14.9 Å². The summed E-state index contributed by atoms with van der Waals surface area (Å²) < 4.78 is 1.10. The van der Waals surface area contributed by atoms with Crippen LogP contribution in [0.15, 0.2) is 53.6 Å². The molecule has 0 aliphatic carbocycles. The predicted octanol–water partition coefficient (Wildman–Crippen LogP) is 2.96. The number of benzene rings is 2. The SMILES string of the molecule is O=C(N/N=C/c1ccc(I)cc1)c1cccc([N+](=O)[O-])c1. The van der Waals surface area contributed by atoms with Gasteiger partial charge in [-0.25, -0.2) is 5.43 Å². The molecule has 1 N–H and O–H groups in total. The van der Waals surface area contributed by atoms with Crippen molar-refractivity contribution >= 4 is 40.4 Å². The first-order valence-electron chi connectivity index (χ1n) is 5.90. The molecule has 0 aliphatic rings. The molecular weight excluding hydrogens is 385 g/mol. The van der Waals surface area contributed by atoms with Gasteiger partial charge in [-0.15, -0.1) is 0 Å². The van der Waals surface area contributed by atoms with Gasteiger partial charge in [0.1, 0.15) is 0 Å². The van der Waals surface area contributed by atoms with E-state index in [1.165, 1.54) is 30.5 Å². The van der Waals surface area contributed by atoms with Crippen molar-refractivity contribution in [2.24, 2.45) is 5.10 Å². The van der Waals surface area contributed by atoms with E-state index >= 15 is 0 Å². The van der Waals surface area contributed by atoms with E-state index in [4.69, 9.17) is 0 Å². The highest BCUT2D eigenvalue weighted by molar-refractivity contribution is 14.1. The van der Waals surface area contributed by atoms with Crippen LogP contribution in [0.2, 0.25) is 0 Å². The molecule has 0 radical (unpaired) electrons. The molecule has 7 heteroatoms. The number of amides is 1. The Morgan fingerprint density at radius 1 is 1.24 bits per heavy atom. The van der Waals surface area contributed by atoms with Crippen molar-refractivity contribution in [1.82, 2.24) is 5.43 Å². The fraction of sp³-hybridized carbons (Fsp3) is 0. The molecule has 0 unspecified atom stereocenters. The summed E-state index contributed by atoms with van der Waals surface area (Å²) in [5.74, 6) is -0.500. The first kappa shape index (κ1) is 15.1. The van der Waals surface area contributed by atoms with Gasteiger partial charge in [0, 0.05) is 21.3 Å². The number of carbonyl (C=O) groups excluding carboxylic acids is 1. The maximum absolute atomic E-state index is 11.8. The van der Waals surface area contributed by atoms with E-state index in [-0.39, 0.29) is 11.3 Å². The summed E-state index contributed by atoms with van der Waals surface area (Å²) in [6.45, 7) is 0. The second kappa shape index (κ2) is 6.93. The van der Waals surface area contributed by atoms with Gasteiger partial charge in [0.2, 0.25) is 0 Å². The highest BCUT2D eigenvalue weighted by Crippen LogP contribution is 2.12. The highest BCUT2D eigenvalue weighted by Gasteiger charge is 2.10. The van der Waals surface area contributed by atoms with Crippen molar-refractivity contribution in [3.63, 3.8) is 0 Å². The average molecular weight is 395 g/mol. The lowest BCUT2D eigenvalue weighted by molar-refractivity contribution is -0.384. The predicted molar refractivity (Wildman–Crippen MR) is 87.3 cm³/mol. The van der Waals surface area contributed by atoms with Crippen molar-refractivity contribution in [1.29, 1.82) is 0 Å². The van der Waals surface area contributed by atoms with Crippen molar-refractivity contribution in [3.8, 4) is 0 Å². The maximum Gasteiger partial charge on any atom is 0.271 e. The molecule has 0 saturated heterocycles. The molecule has 0 aromatic heterocycles. The van der Waals surface area contributed by atoms with Crippen LogP contribution in [0.25, 0.3) is 0 Å². The number of carbonyl (C=O) groups is 1. The summed E-state index contributed by atoms with van der Waals surface area (Å²) in [7, 11) is 0. The summed E-state index contributed by atoms with van der Waals surface area (Å²) >= 11 is 2.19. The molecule has 6 nitrogen and oxygen atoms in total. The highest BCUT2D eigenvalue weighted by atomic mass is 127. The Balaban J connectivity index is 2.03. The van der Waals surface area contributed by atoms with Gasteiger partial charge in [-0.2, -0.15) is 5.10 Å². The minimum Gasteiger partial charge on any atom is -0.267 e. The number of non-ortho nitro benzene ring substituents is 1. The molecule has 21 heavy (non-hydrogen) atoms. The van der Waals surface area contributed by atoms with Crippen molar-refractivity contribution < 1.29 is 9.72 Å². The summed E-state index contributed by atoms with van der Waals surface area (Å²) in [6.07, 6.45) is 1.51. The van der Waals surface area contributed by atoms with Crippen LogP contribution in [0.3, 0.4) is 0 Å². The number of nitro groups is 1. The largest absolute Gasteiger partial charge is 0.271 e. The first-order chi connectivity index (χ1) is 10.1. The lowest BCUT2D eigenvalue weighted by Crippen LogP contribution is -2.17. The molecule has 0 aliphatic heterocycles. The Bertz CT molecular complexity index is 699. The van der Waals surface area contributed by atoms with Crippen LogP contribution in [-0.4, -0.2) is 17.0 Å². The van der Waals surface area contributed by atoms with E-state index in [0.717, 1.165) is 9.13 Å². The summed E-state index contributed by atoms with van der Waals surface area (Å²) in [5, 5.41) is 14.5. The zero-order valence-electron chi connectivity index (χ0n) is 10.7. The van der Waals surface area contributed by atoms with E-state index in [1.54, 1.807) is 0 Å². The van der Waals surface area contributed by atoms with Crippen molar-refractivity contribution in [2.45, 2.75) is 0 Å². The van der Waals surface area contributed by atoms with Gasteiger partial charge < -0.3 is 0 Å². The van der Waals surface area contributed by atoms with Crippen LogP contribution in [0.5, 0.6) is 0 Å². The lowest BCUT2D eigenvalue weighted by atomic mass is 10.2. The van der Waals surface area contributed by atoms with E-state index in [0.29, 0.717) is 0 Å². The molecule has 0 heterocycles. The Labute approximate surface area is 134 Å². The average Bonchev–Trinajstić information content (AvgIpc) is 2.49. The third kappa shape index (κ3) is 4.35. The molecule has 0 saturated carbocycles. The maximum atomic E-state index is 11.8. The molecule has 0 fully saturated rings. The van der Waals surface area contributed by atoms with Gasteiger partial charge in [0.25, 0.3) is 11.6 Å². The summed E-state index contributed by atoms with van der Waals surface area (Å²) in [5.41, 5.74) is 3.23. The fourth-order valence-corrected chi connectivity index (χ4v) is 1.90. The number of nitro benzene ring substituents is 1. The minimum absolute atomic E-state index is 0.135. The van der Waals surface area contributed by atoms with Gasteiger partial charge >= 0.3 is 0 Å². The molecule has 2 aromatic carbocycles. The van der Waals surface area contributed by atoms with Gasteiger partial charge in [-0.05, 0) is 46.4 Å². The Hall–Kier alpha value is -2.29. The number of halogens is 1. The summed E-state index contributed by atoms with van der Waals surface area (Å²) in [6, 6.07) is 13.0. The quantitative estimate of drug-likeness (QED) is 0.374. The standard InChI is InChI=1S/C14H10IN3O3/c15-12-6-4-10(5-7-12)9-16-17-14(19)11-2-1-3-13(8-11)18(20)21/h1-9H,(H,17,19)/b16-9+. The van der Waals surface area contributed by atoms with Gasteiger partial charge in [0.15, 0.2) is 0 Å². The second-order valence-corrected chi connectivity index (χ2v) is 5.30. The van der Waals surface area contributed by atoms with Gasteiger partial charge in [-0.1, -0.05) is 18.2 Å². The van der Waals surface area contributed by atoms with Crippen LogP contribution in [0.1, 0.15) is 15.9 Å². The molecule has 2 aromatic rings. The Morgan fingerprint density at radius 3 is 2.62 bits per heavy atom. The summed E-state index contributed by atoms with van der Waals surface area (Å²) in [4.78, 5) is 21.9. The third-order valence-corrected chi connectivity index (χ3v) is 3.29. The molecule has 2 rings (SSSR count). The fourth-order valence-electron chi connectivity index (χ4n) is 1.54. The minimum atomic E-state index is -0.550. The zero-order valence-corrected chi connectivity index (χ0v) is 12.9. The third-order valence-electron chi connectivity index (χ3n) is 2.57. The zero-order chi connectivity index (χ0) is 15.2.